The molecule has 0 bridgehead atoms. The van der Waals surface area contributed by atoms with E-state index in [-0.39, 0.29) is 11.8 Å². The van der Waals surface area contributed by atoms with Crippen molar-refractivity contribution in [2.24, 2.45) is 0 Å². The first kappa shape index (κ1) is 19.6. The molecule has 6 heteroatoms. The van der Waals surface area contributed by atoms with E-state index in [1.165, 1.54) is 11.3 Å². The minimum Gasteiger partial charge on any atom is -0.372 e. The van der Waals surface area contributed by atoms with Gasteiger partial charge in [-0.25, -0.2) is 0 Å². The number of amides is 2. The lowest BCUT2D eigenvalue weighted by Crippen LogP contribution is -2.21. The van der Waals surface area contributed by atoms with Crippen LogP contribution in [0.25, 0.3) is 0 Å². The summed E-state index contributed by atoms with van der Waals surface area (Å²) in [6, 6.07) is 18.3. The van der Waals surface area contributed by atoms with Gasteiger partial charge in [-0.05, 0) is 61.7 Å². The lowest BCUT2D eigenvalue weighted by molar-refractivity contribution is 0.102. The van der Waals surface area contributed by atoms with Crippen molar-refractivity contribution in [3.05, 3.63) is 76.5 Å². The molecular formula is C22H23N3O2S. The Morgan fingerprint density at radius 3 is 2.21 bits per heavy atom. The van der Waals surface area contributed by atoms with Gasteiger partial charge in [0.2, 0.25) is 0 Å². The van der Waals surface area contributed by atoms with Gasteiger partial charge in [0, 0.05) is 24.5 Å². The maximum atomic E-state index is 12.8. The average Bonchev–Trinajstić information content (AvgIpc) is 3.25. The fraction of sp³-hybridized carbons (Fsp3) is 0.182. The quantitative estimate of drug-likeness (QED) is 0.587. The molecule has 0 aliphatic carbocycles. The fourth-order valence-electron chi connectivity index (χ4n) is 2.92. The van der Waals surface area contributed by atoms with Crippen molar-refractivity contribution in [2.75, 3.05) is 28.6 Å². The van der Waals surface area contributed by atoms with E-state index in [9.17, 15) is 9.59 Å². The van der Waals surface area contributed by atoms with Crippen molar-refractivity contribution in [3.63, 3.8) is 0 Å². The highest BCUT2D eigenvalue weighted by atomic mass is 32.1. The molecule has 5 nitrogen and oxygen atoms in total. The van der Waals surface area contributed by atoms with Gasteiger partial charge in [-0.3, -0.25) is 9.59 Å². The highest BCUT2D eigenvalue weighted by molar-refractivity contribution is 7.12. The highest BCUT2D eigenvalue weighted by Gasteiger charge is 2.15. The summed E-state index contributed by atoms with van der Waals surface area (Å²) in [4.78, 5) is 27.9. The Labute approximate surface area is 169 Å². The van der Waals surface area contributed by atoms with Gasteiger partial charge < -0.3 is 15.5 Å². The van der Waals surface area contributed by atoms with Crippen LogP contribution in [0.3, 0.4) is 0 Å². The zero-order valence-electron chi connectivity index (χ0n) is 15.9. The maximum Gasteiger partial charge on any atom is 0.265 e. The summed E-state index contributed by atoms with van der Waals surface area (Å²) in [5, 5.41) is 7.57. The first-order valence-electron chi connectivity index (χ1n) is 9.22. The van der Waals surface area contributed by atoms with Crippen LogP contribution < -0.4 is 15.5 Å². The van der Waals surface area contributed by atoms with E-state index in [1.54, 1.807) is 30.3 Å². The number of hydrogen-bond acceptors (Lipinski definition) is 4. The maximum absolute atomic E-state index is 12.8. The lowest BCUT2D eigenvalue weighted by atomic mass is 10.1. The number of para-hydroxylation sites is 1. The van der Waals surface area contributed by atoms with Crippen LogP contribution in [0.4, 0.5) is 17.1 Å². The highest BCUT2D eigenvalue weighted by Crippen LogP contribution is 2.21. The minimum atomic E-state index is -0.266. The zero-order valence-corrected chi connectivity index (χ0v) is 16.8. The minimum absolute atomic E-state index is 0.223. The van der Waals surface area contributed by atoms with Gasteiger partial charge in [-0.15, -0.1) is 11.3 Å². The normalized spacial score (nSPS) is 10.4. The molecule has 0 saturated carbocycles. The molecular weight excluding hydrogens is 370 g/mol. The van der Waals surface area contributed by atoms with Crippen molar-refractivity contribution in [1.82, 2.24) is 0 Å². The molecule has 0 unspecified atom stereocenters. The van der Waals surface area contributed by atoms with E-state index in [2.05, 4.69) is 29.4 Å². The number of nitrogens with zero attached hydrogens (tertiary/aromatic N) is 1. The fourth-order valence-corrected chi connectivity index (χ4v) is 3.54. The molecule has 0 aliphatic heterocycles. The topological polar surface area (TPSA) is 61.4 Å². The Morgan fingerprint density at radius 1 is 0.857 bits per heavy atom. The molecule has 1 aromatic heterocycles. The number of rotatable bonds is 7. The summed E-state index contributed by atoms with van der Waals surface area (Å²) < 4.78 is 0. The Bertz CT molecular complexity index is 933. The second-order valence-electron chi connectivity index (χ2n) is 6.15. The lowest BCUT2D eigenvalue weighted by Gasteiger charge is -2.21. The Hall–Kier alpha value is -3.12. The summed E-state index contributed by atoms with van der Waals surface area (Å²) in [5.41, 5.74) is 2.73. The van der Waals surface area contributed by atoms with Crippen LogP contribution >= 0.6 is 11.3 Å². The molecule has 1 heterocycles. The molecule has 0 atom stereocenters. The van der Waals surface area contributed by atoms with Gasteiger partial charge in [0.25, 0.3) is 11.8 Å². The smallest absolute Gasteiger partial charge is 0.265 e. The Morgan fingerprint density at radius 2 is 1.57 bits per heavy atom. The van der Waals surface area contributed by atoms with E-state index >= 15 is 0 Å². The number of carbonyl (C=O) groups excluding carboxylic acids is 2. The average molecular weight is 394 g/mol. The standard InChI is InChI=1S/C22H23N3O2S/c1-3-25(4-2)17-13-11-16(12-14-17)23-21(26)18-8-5-6-9-19(18)24-22(27)20-10-7-15-28-20/h5-15H,3-4H2,1-2H3,(H,23,26)(H,24,27). The van der Waals surface area contributed by atoms with Gasteiger partial charge in [-0.2, -0.15) is 0 Å². The van der Waals surface area contributed by atoms with E-state index in [0.717, 1.165) is 18.8 Å². The molecule has 28 heavy (non-hydrogen) atoms. The summed E-state index contributed by atoms with van der Waals surface area (Å²) in [7, 11) is 0. The summed E-state index contributed by atoms with van der Waals surface area (Å²) >= 11 is 1.36. The molecule has 144 valence electrons. The van der Waals surface area contributed by atoms with E-state index in [0.29, 0.717) is 21.8 Å². The predicted octanol–water partition coefficient (Wildman–Crippen LogP) is 5.10. The van der Waals surface area contributed by atoms with Gasteiger partial charge in [0.1, 0.15) is 0 Å². The number of nitrogens with one attached hydrogen (secondary N) is 2. The summed E-state index contributed by atoms with van der Waals surface area (Å²) in [6.45, 7) is 6.08. The number of anilines is 3. The van der Waals surface area contributed by atoms with Crippen LogP contribution in [-0.4, -0.2) is 24.9 Å². The number of benzene rings is 2. The second-order valence-corrected chi connectivity index (χ2v) is 7.10. The number of carbonyl (C=O) groups is 2. The van der Waals surface area contributed by atoms with E-state index in [1.807, 2.05) is 35.7 Å². The Balaban J connectivity index is 1.73. The van der Waals surface area contributed by atoms with Crippen LogP contribution in [0.15, 0.2) is 66.0 Å². The van der Waals surface area contributed by atoms with Crippen LogP contribution in [0.5, 0.6) is 0 Å². The molecule has 0 saturated heterocycles. The van der Waals surface area contributed by atoms with Crippen LogP contribution in [-0.2, 0) is 0 Å². The largest absolute Gasteiger partial charge is 0.372 e. The van der Waals surface area contributed by atoms with Crippen molar-refractivity contribution in [2.45, 2.75) is 13.8 Å². The third-order valence-corrected chi connectivity index (χ3v) is 5.29. The molecule has 0 aliphatic rings. The van der Waals surface area contributed by atoms with Gasteiger partial charge >= 0.3 is 0 Å². The molecule has 3 rings (SSSR count). The number of thiophene rings is 1. The molecule has 2 amide bonds. The van der Waals surface area contributed by atoms with Gasteiger partial charge in [0.15, 0.2) is 0 Å². The second kappa shape index (κ2) is 9.19. The Kier molecular flexibility index (Phi) is 6.45. The van der Waals surface area contributed by atoms with E-state index in [4.69, 9.17) is 0 Å². The predicted molar refractivity (Wildman–Crippen MR) is 117 cm³/mol. The van der Waals surface area contributed by atoms with Gasteiger partial charge in [-0.1, -0.05) is 18.2 Å². The number of hydrogen-bond donors (Lipinski definition) is 2. The van der Waals surface area contributed by atoms with Crippen LogP contribution in [0, 0.1) is 0 Å². The van der Waals surface area contributed by atoms with Crippen molar-refractivity contribution in [1.29, 1.82) is 0 Å². The molecule has 3 aromatic rings. The van der Waals surface area contributed by atoms with Crippen LogP contribution in [0.2, 0.25) is 0 Å². The zero-order chi connectivity index (χ0) is 19.9. The summed E-state index contributed by atoms with van der Waals surface area (Å²) in [6.07, 6.45) is 0. The van der Waals surface area contributed by atoms with E-state index < -0.39 is 0 Å². The third kappa shape index (κ3) is 4.58. The summed E-state index contributed by atoms with van der Waals surface area (Å²) in [5.74, 6) is -0.489. The van der Waals surface area contributed by atoms with Gasteiger partial charge in [0.05, 0.1) is 16.1 Å². The third-order valence-electron chi connectivity index (χ3n) is 4.42. The van der Waals surface area contributed by atoms with Crippen LogP contribution in [0.1, 0.15) is 33.9 Å². The first-order valence-corrected chi connectivity index (χ1v) is 10.1. The SMILES string of the molecule is CCN(CC)c1ccc(NC(=O)c2ccccc2NC(=O)c2cccs2)cc1. The van der Waals surface area contributed by atoms with Crippen molar-refractivity contribution >= 4 is 40.2 Å². The molecule has 0 fully saturated rings. The monoisotopic (exact) mass is 393 g/mol. The molecule has 0 radical (unpaired) electrons. The van der Waals surface area contributed by atoms with Crippen molar-refractivity contribution < 1.29 is 9.59 Å². The molecule has 0 spiro atoms. The molecule has 2 aromatic carbocycles. The molecule has 2 N–H and O–H groups in total. The first-order chi connectivity index (χ1) is 13.6. The van der Waals surface area contributed by atoms with Crippen molar-refractivity contribution in [3.8, 4) is 0 Å².